The number of carbonyl (C=O) groups excluding carboxylic acids is 2. The number of imide groups is 1. The standard InChI is InChI=1S/C14H7FN2O4/c15-9-6-7(14(20)21)3-4-10(9)17-12(18)8-2-1-5-16-11(8)13(17)19/h1-6H,(H,20,21). The van der Waals surface area contributed by atoms with E-state index in [1.165, 1.54) is 18.3 Å². The van der Waals surface area contributed by atoms with Crippen molar-refractivity contribution in [2.45, 2.75) is 0 Å². The summed E-state index contributed by atoms with van der Waals surface area (Å²) >= 11 is 0. The molecule has 6 nitrogen and oxygen atoms in total. The summed E-state index contributed by atoms with van der Waals surface area (Å²) < 4.78 is 14.0. The topological polar surface area (TPSA) is 87.6 Å². The molecule has 0 spiro atoms. The number of benzene rings is 1. The fraction of sp³-hybridized carbons (Fsp3) is 0. The predicted molar refractivity (Wildman–Crippen MR) is 68.7 cm³/mol. The van der Waals surface area contributed by atoms with Gasteiger partial charge in [-0.1, -0.05) is 0 Å². The molecule has 0 atom stereocenters. The van der Waals surface area contributed by atoms with Crippen LogP contribution in [0.25, 0.3) is 0 Å². The number of halogens is 1. The summed E-state index contributed by atoms with van der Waals surface area (Å²) in [7, 11) is 0. The van der Waals surface area contributed by atoms with Crippen LogP contribution in [0.3, 0.4) is 0 Å². The Morgan fingerprint density at radius 2 is 1.95 bits per heavy atom. The number of carbonyl (C=O) groups is 3. The number of hydrogen-bond donors (Lipinski definition) is 1. The lowest BCUT2D eigenvalue weighted by molar-refractivity contribution is 0.0696. The third-order valence-corrected chi connectivity index (χ3v) is 3.08. The van der Waals surface area contributed by atoms with Crippen molar-refractivity contribution >= 4 is 23.5 Å². The van der Waals surface area contributed by atoms with Gasteiger partial charge in [-0.2, -0.15) is 0 Å². The number of nitrogens with zero attached hydrogens (tertiary/aromatic N) is 2. The van der Waals surface area contributed by atoms with Gasteiger partial charge < -0.3 is 5.11 Å². The van der Waals surface area contributed by atoms with E-state index in [4.69, 9.17) is 5.11 Å². The van der Waals surface area contributed by atoms with Gasteiger partial charge in [-0.25, -0.2) is 14.1 Å². The molecule has 0 unspecified atom stereocenters. The lowest BCUT2D eigenvalue weighted by Crippen LogP contribution is -2.30. The van der Waals surface area contributed by atoms with Crippen molar-refractivity contribution in [1.29, 1.82) is 0 Å². The smallest absolute Gasteiger partial charge is 0.335 e. The molecule has 0 saturated carbocycles. The van der Waals surface area contributed by atoms with Crippen LogP contribution in [0.2, 0.25) is 0 Å². The van der Waals surface area contributed by atoms with E-state index in [-0.39, 0.29) is 22.5 Å². The maximum absolute atomic E-state index is 14.0. The van der Waals surface area contributed by atoms with Gasteiger partial charge in [-0.15, -0.1) is 0 Å². The van der Waals surface area contributed by atoms with Crippen LogP contribution in [0.4, 0.5) is 10.1 Å². The second-order valence-electron chi connectivity index (χ2n) is 4.32. The minimum Gasteiger partial charge on any atom is -0.478 e. The highest BCUT2D eigenvalue weighted by molar-refractivity contribution is 6.33. The van der Waals surface area contributed by atoms with Crippen molar-refractivity contribution in [2.75, 3.05) is 4.90 Å². The molecule has 3 rings (SSSR count). The fourth-order valence-electron chi connectivity index (χ4n) is 2.11. The number of carboxylic acid groups (broad SMARTS) is 1. The molecule has 0 saturated heterocycles. The molecule has 0 radical (unpaired) electrons. The van der Waals surface area contributed by atoms with Gasteiger partial charge in [0.05, 0.1) is 16.8 Å². The Morgan fingerprint density at radius 1 is 1.19 bits per heavy atom. The van der Waals surface area contributed by atoms with Crippen LogP contribution in [-0.4, -0.2) is 27.9 Å². The van der Waals surface area contributed by atoms with Gasteiger partial charge >= 0.3 is 5.97 Å². The van der Waals surface area contributed by atoms with Crippen LogP contribution in [0.15, 0.2) is 36.5 Å². The van der Waals surface area contributed by atoms with Crippen molar-refractivity contribution in [3.8, 4) is 0 Å². The number of hydrogen-bond acceptors (Lipinski definition) is 4. The van der Waals surface area contributed by atoms with Crippen LogP contribution in [0.1, 0.15) is 31.2 Å². The molecule has 21 heavy (non-hydrogen) atoms. The molecule has 2 aromatic rings. The van der Waals surface area contributed by atoms with Gasteiger partial charge in [0.1, 0.15) is 11.5 Å². The van der Waals surface area contributed by atoms with Crippen LogP contribution in [0, 0.1) is 5.82 Å². The summed E-state index contributed by atoms with van der Waals surface area (Å²) in [5.74, 6) is -3.70. The average molecular weight is 286 g/mol. The first-order valence-electron chi connectivity index (χ1n) is 5.87. The average Bonchev–Trinajstić information content (AvgIpc) is 2.72. The van der Waals surface area contributed by atoms with Gasteiger partial charge in [-0.3, -0.25) is 14.6 Å². The zero-order valence-corrected chi connectivity index (χ0v) is 10.4. The molecule has 1 aromatic heterocycles. The molecule has 2 heterocycles. The maximum atomic E-state index is 14.0. The molecule has 1 aliphatic rings. The lowest BCUT2D eigenvalue weighted by Gasteiger charge is -2.14. The highest BCUT2D eigenvalue weighted by Gasteiger charge is 2.39. The molecule has 104 valence electrons. The Hall–Kier alpha value is -3.09. The molecule has 1 N–H and O–H groups in total. The van der Waals surface area contributed by atoms with Crippen LogP contribution >= 0.6 is 0 Å². The maximum Gasteiger partial charge on any atom is 0.335 e. The first-order chi connectivity index (χ1) is 10.0. The largest absolute Gasteiger partial charge is 0.478 e. The molecule has 0 bridgehead atoms. The van der Waals surface area contributed by atoms with E-state index in [2.05, 4.69) is 4.98 Å². The predicted octanol–water partition coefficient (Wildman–Crippen LogP) is 1.72. The zero-order chi connectivity index (χ0) is 15.1. The number of aromatic nitrogens is 1. The Bertz CT molecular complexity index is 768. The minimum atomic E-state index is -1.30. The third-order valence-electron chi connectivity index (χ3n) is 3.08. The number of amides is 2. The van der Waals surface area contributed by atoms with Gasteiger partial charge in [0.15, 0.2) is 0 Å². The number of carboxylic acids is 1. The van der Waals surface area contributed by atoms with Crippen molar-refractivity contribution in [2.24, 2.45) is 0 Å². The van der Waals surface area contributed by atoms with Crippen molar-refractivity contribution in [3.05, 3.63) is 59.2 Å². The highest BCUT2D eigenvalue weighted by atomic mass is 19.1. The summed E-state index contributed by atoms with van der Waals surface area (Å²) in [5, 5.41) is 8.79. The van der Waals surface area contributed by atoms with Crippen LogP contribution < -0.4 is 4.90 Å². The molecular formula is C14H7FN2O4. The molecule has 1 aliphatic heterocycles. The number of anilines is 1. The fourth-order valence-corrected chi connectivity index (χ4v) is 2.11. The minimum absolute atomic E-state index is 0.0517. The normalized spacial score (nSPS) is 13.5. The van der Waals surface area contributed by atoms with E-state index in [1.807, 2.05) is 0 Å². The molecule has 1 aromatic carbocycles. The number of aromatic carboxylic acids is 1. The molecule has 0 aliphatic carbocycles. The van der Waals surface area contributed by atoms with Gasteiger partial charge in [0, 0.05) is 6.20 Å². The Kier molecular flexibility index (Phi) is 2.76. The van der Waals surface area contributed by atoms with Crippen molar-refractivity contribution < 1.29 is 23.9 Å². The van der Waals surface area contributed by atoms with Crippen LogP contribution in [0.5, 0.6) is 0 Å². The molecule has 2 amide bonds. The van der Waals surface area contributed by atoms with E-state index in [0.717, 1.165) is 18.2 Å². The van der Waals surface area contributed by atoms with Crippen molar-refractivity contribution in [1.82, 2.24) is 4.98 Å². The summed E-state index contributed by atoms with van der Waals surface area (Å²) in [6.07, 6.45) is 1.36. The monoisotopic (exact) mass is 286 g/mol. The first kappa shape index (κ1) is 12.9. The summed E-state index contributed by atoms with van der Waals surface area (Å²) in [5.41, 5.74) is -0.535. The second kappa shape index (κ2) is 4.48. The van der Waals surface area contributed by atoms with Crippen LogP contribution in [-0.2, 0) is 0 Å². The van der Waals surface area contributed by atoms with Gasteiger partial charge in [0.2, 0.25) is 0 Å². The van der Waals surface area contributed by atoms with E-state index >= 15 is 0 Å². The van der Waals surface area contributed by atoms with Crippen molar-refractivity contribution in [3.63, 3.8) is 0 Å². The van der Waals surface area contributed by atoms with E-state index in [1.54, 1.807) is 0 Å². The summed E-state index contributed by atoms with van der Waals surface area (Å²) in [4.78, 5) is 39.5. The SMILES string of the molecule is O=C(O)c1ccc(N2C(=O)c3cccnc3C2=O)c(F)c1. The first-order valence-corrected chi connectivity index (χ1v) is 5.87. The molecular weight excluding hydrogens is 279 g/mol. The quantitative estimate of drug-likeness (QED) is 0.849. The second-order valence-corrected chi connectivity index (χ2v) is 4.32. The van der Waals surface area contributed by atoms with E-state index in [0.29, 0.717) is 4.90 Å². The number of fused-ring (bicyclic) bond motifs is 1. The molecule has 0 fully saturated rings. The Balaban J connectivity index is 2.09. The molecule has 7 heteroatoms. The third kappa shape index (κ3) is 1.86. The zero-order valence-electron chi connectivity index (χ0n) is 10.4. The summed E-state index contributed by atoms with van der Waals surface area (Å²) in [6, 6.07) is 5.89. The lowest BCUT2D eigenvalue weighted by atomic mass is 10.2. The van der Waals surface area contributed by atoms with Gasteiger partial charge in [-0.05, 0) is 30.3 Å². The van der Waals surface area contributed by atoms with E-state index < -0.39 is 23.6 Å². The van der Waals surface area contributed by atoms with Gasteiger partial charge in [0.25, 0.3) is 11.8 Å². The number of pyridine rings is 1. The number of rotatable bonds is 2. The highest BCUT2D eigenvalue weighted by Crippen LogP contribution is 2.29. The van der Waals surface area contributed by atoms with E-state index in [9.17, 15) is 18.8 Å². The Morgan fingerprint density at radius 3 is 2.57 bits per heavy atom. The Labute approximate surface area is 117 Å². The summed E-state index contributed by atoms with van der Waals surface area (Å²) in [6.45, 7) is 0.